The first-order chi connectivity index (χ1) is 16.0. The molecule has 0 saturated carbocycles. The molecular weight excluding hydrogens is 424 g/mol. The Morgan fingerprint density at radius 1 is 0.970 bits per heavy atom. The molecule has 0 saturated heterocycles. The van der Waals surface area contributed by atoms with Gasteiger partial charge < -0.3 is 23.7 Å². The van der Waals surface area contributed by atoms with Gasteiger partial charge in [-0.1, -0.05) is 36.4 Å². The second-order valence-corrected chi connectivity index (χ2v) is 7.69. The third kappa shape index (κ3) is 3.47. The number of fused-ring (bicyclic) bond motifs is 3. The number of phenolic OH excluding ortho intramolecular Hbond substituents is 1. The molecule has 0 aliphatic carbocycles. The zero-order chi connectivity index (χ0) is 23.1. The molecule has 1 aromatic heterocycles. The van der Waals surface area contributed by atoms with E-state index in [0.29, 0.717) is 33.9 Å². The molecule has 0 fully saturated rings. The average Bonchev–Trinajstić information content (AvgIpc) is 2.83. The summed E-state index contributed by atoms with van der Waals surface area (Å²) in [6.07, 6.45) is 0.00877. The van der Waals surface area contributed by atoms with Crippen LogP contribution < -0.4 is 19.6 Å². The predicted molar refractivity (Wildman–Crippen MR) is 121 cm³/mol. The number of carbonyl (C=O) groups excluding carboxylic acids is 1. The summed E-state index contributed by atoms with van der Waals surface area (Å²) >= 11 is 0. The van der Waals surface area contributed by atoms with Gasteiger partial charge in [-0.15, -0.1) is 0 Å². The number of ether oxygens (including phenoxy) is 3. The zero-order valence-electron chi connectivity index (χ0n) is 18.0. The van der Waals surface area contributed by atoms with Crippen molar-refractivity contribution < 1.29 is 28.5 Å². The maximum absolute atomic E-state index is 13.0. The first-order valence-corrected chi connectivity index (χ1v) is 10.3. The molecule has 5 rings (SSSR count). The van der Waals surface area contributed by atoms with Crippen molar-refractivity contribution in [1.82, 2.24) is 0 Å². The van der Waals surface area contributed by atoms with Crippen LogP contribution in [0, 0.1) is 0 Å². The van der Waals surface area contributed by atoms with E-state index in [0.717, 1.165) is 0 Å². The van der Waals surface area contributed by atoms with Gasteiger partial charge in [0.25, 0.3) is 0 Å². The number of hydrogen-bond donors (Lipinski definition) is 1. The van der Waals surface area contributed by atoms with Crippen LogP contribution in [0.1, 0.15) is 23.5 Å². The lowest BCUT2D eigenvalue weighted by atomic mass is 9.84. The number of aromatic hydroxyl groups is 1. The van der Waals surface area contributed by atoms with E-state index in [2.05, 4.69) is 0 Å². The van der Waals surface area contributed by atoms with E-state index in [9.17, 15) is 14.7 Å². The molecular formula is C26H20O7. The van der Waals surface area contributed by atoms with Gasteiger partial charge in [-0.25, -0.2) is 0 Å². The second kappa shape index (κ2) is 8.02. The van der Waals surface area contributed by atoms with Gasteiger partial charge in [0.15, 0.2) is 5.43 Å². The predicted octanol–water partition coefficient (Wildman–Crippen LogP) is 4.62. The van der Waals surface area contributed by atoms with E-state index in [1.165, 1.54) is 19.2 Å². The van der Waals surface area contributed by atoms with Gasteiger partial charge in [0.05, 0.1) is 20.6 Å². The number of benzene rings is 3. The van der Waals surface area contributed by atoms with Crippen molar-refractivity contribution in [3.63, 3.8) is 0 Å². The van der Waals surface area contributed by atoms with E-state index in [4.69, 9.17) is 18.6 Å². The Kier molecular flexibility index (Phi) is 5.01. The van der Waals surface area contributed by atoms with Crippen LogP contribution in [-0.4, -0.2) is 25.3 Å². The van der Waals surface area contributed by atoms with Crippen molar-refractivity contribution in [2.24, 2.45) is 0 Å². The zero-order valence-corrected chi connectivity index (χ0v) is 18.0. The van der Waals surface area contributed by atoms with Crippen LogP contribution in [0.15, 0.2) is 69.9 Å². The van der Waals surface area contributed by atoms with E-state index in [-0.39, 0.29) is 28.9 Å². The van der Waals surface area contributed by atoms with Gasteiger partial charge in [-0.2, -0.15) is 0 Å². The van der Waals surface area contributed by atoms with Gasteiger partial charge in [-0.3, -0.25) is 9.59 Å². The Bertz CT molecular complexity index is 1440. The Balaban J connectivity index is 1.82. The summed E-state index contributed by atoms with van der Waals surface area (Å²) in [6.45, 7) is 0. The minimum atomic E-state index is -0.528. The molecule has 0 radical (unpaired) electrons. The summed E-state index contributed by atoms with van der Waals surface area (Å²) in [7, 11) is 3.08. The molecule has 4 aromatic rings. The number of carbonyl (C=O) groups is 1. The van der Waals surface area contributed by atoms with Gasteiger partial charge in [-0.05, 0) is 6.07 Å². The standard InChI is InChI=1S/C26H20O7/c1-30-15-8-9-16(21(10-15)31-2)17-11-23(29)32-22-13-19(28)25-18(27)12-20(33-26(25)24(17)22)14-6-4-3-5-7-14/h3-10,12-13,17,28H,11H2,1-2H3. The number of esters is 1. The van der Waals surface area contributed by atoms with Crippen molar-refractivity contribution in [3.8, 4) is 34.3 Å². The van der Waals surface area contributed by atoms with Crippen molar-refractivity contribution in [2.45, 2.75) is 12.3 Å². The molecule has 166 valence electrons. The SMILES string of the molecule is COc1ccc(C2CC(=O)Oc3cc(O)c4c(=O)cc(-c5ccccc5)oc4c32)c(OC)c1. The highest BCUT2D eigenvalue weighted by atomic mass is 16.5. The van der Waals surface area contributed by atoms with Gasteiger partial charge in [0, 0.05) is 40.8 Å². The molecule has 33 heavy (non-hydrogen) atoms. The molecule has 1 N–H and O–H groups in total. The molecule has 0 bridgehead atoms. The van der Waals surface area contributed by atoms with Crippen molar-refractivity contribution >= 4 is 16.9 Å². The first-order valence-electron chi connectivity index (χ1n) is 10.3. The Morgan fingerprint density at radius 3 is 2.48 bits per heavy atom. The maximum Gasteiger partial charge on any atom is 0.312 e. The summed E-state index contributed by atoms with van der Waals surface area (Å²) < 4.78 is 22.5. The van der Waals surface area contributed by atoms with Crippen LogP contribution in [0.2, 0.25) is 0 Å². The largest absolute Gasteiger partial charge is 0.507 e. The minimum Gasteiger partial charge on any atom is -0.507 e. The van der Waals surface area contributed by atoms with Crippen LogP contribution in [-0.2, 0) is 4.79 Å². The molecule has 0 spiro atoms. The van der Waals surface area contributed by atoms with Crippen LogP contribution in [0.5, 0.6) is 23.0 Å². The highest BCUT2D eigenvalue weighted by Crippen LogP contribution is 2.48. The molecule has 2 heterocycles. The monoisotopic (exact) mass is 444 g/mol. The number of methoxy groups -OCH3 is 2. The third-order valence-electron chi connectivity index (χ3n) is 5.80. The van der Waals surface area contributed by atoms with E-state index in [1.807, 2.05) is 36.4 Å². The van der Waals surface area contributed by atoms with Gasteiger partial charge in [0.1, 0.15) is 39.7 Å². The fourth-order valence-electron chi connectivity index (χ4n) is 4.28. The Labute approximate surface area is 188 Å². The first kappa shape index (κ1) is 20.6. The normalized spacial score (nSPS) is 15.1. The summed E-state index contributed by atoms with van der Waals surface area (Å²) in [5, 5.41) is 10.6. The average molecular weight is 444 g/mol. The third-order valence-corrected chi connectivity index (χ3v) is 5.80. The lowest BCUT2D eigenvalue weighted by molar-refractivity contribution is -0.135. The number of rotatable bonds is 4. The lowest BCUT2D eigenvalue weighted by Gasteiger charge is -2.27. The molecule has 7 nitrogen and oxygen atoms in total. The summed E-state index contributed by atoms with van der Waals surface area (Å²) in [5.74, 6) is 0.300. The maximum atomic E-state index is 13.0. The molecule has 1 atom stereocenters. The topological polar surface area (TPSA) is 95.2 Å². The van der Waals surface area contributed by atoms with Crippen LogP contribution >= 0.6 is 0 Å². The quantitative estimate of drug-likeness (QED) is 0.362. The summed E-state index contributed by atoms with van der Waals surface area (Å²) in [4.78, 5) is 25.5. The highest BCUT2D eigenvalue weighted by Gasteiger charge is 2.35. The fourth-order valence-corrected chi connectivity index (χ4v) is 4.28. The van der Waals surface area contributed by atoms with Gasteiger partial charge in [0.2, 0.25) is 0 Å². The molecule has 1 unspecified atom stereocenters. The number of hydrogen-bond acceptors (Lipinski definition) is 7. The highest BCUT2D eigenvalue weighted by molar-refractivity contribution is 5.93. The van der Waals surface area contributed by atoms with Crippen LogP contribution in [0.4, 0.5) is 0 Å². The number of phenols is 1. The summed E-state index contributed by atoms with van der Waals surface area (Å²) in [6, 6.07) is 17.1. The van der Waals surface area contributed by atoms with Gasteiger partial charge >= 0.3 is 5.97 Å². The lowest BCUT2D eigenvalue weighted by Crippen LogP contribution is -2.22. The minimum absolute atomic E-state index is 0.00877. The Hall–Kier alpha value is -4.26. The molecule has 1 aliphatic rings. The smallest absolute Gasteiger partial charge is 0.312 e. The molecule has 3 aromatic carbocycles. The molecule has 1 aliphatic heterocycles. The van der Waals surface area contributed by atoms with Crippen molar-refractivity contribution in [1.29, 1.82) is 0 Å². The van der Waals surface area contributed by atoms with E-state index in [1.54, 1.807) is 19.2 Å². The van der Waals surface area contributed by atoms with Crippen molar-refractivity contribution in [3.05, 3.63) is 82.0 Å². The fraction of sp³-hybridized carbons (Fsp3) is 0.154. The van der Waals surface area contributed by atoms with Crippen LogP contribution in [0.3, 0.4) is 0 Å². The van der Waals surface area contributed by atoms with E-state index < -0.39 is 17.3 Å². The Morgan fingerprint density at radius 2 is 1.76 bits per heavy atom. The van der Waals surface area contributed by atoms with Crippen LogP contribution in [0.25, 0.3) is 22.3 Å². The van der Waals surface area contributed by atoms with E-state index >= 15 is 0 Å². The molecule has 7 heteroatoms. The summed E-state index contributed by atoms with van der Waals surface area (Å²) in [5.41, 5.74) is 1.69. The second-order valence-electron chi connectivity index (χ2n) is 7.69. The molecule has 0 amide bonds. The van der Waals surface area contributed by atoms with Crippen molar-refractivity contribution in [2.75, 3.05) is 14.2 Å².